The van der Waals surface area contributed by atoms with Gasteiger partial charge in [0.2, 0.25) is 5.91 Å². The molecule has 128 valence electrons. The van der Waals surface area contributed by atoms with Gasteiger partial charge in [-0.3, -0.25) is 9.59 Å². The molecule has 0 bridgehead atoms. The third-order valence-electron chi connectivity index (χ3n) is 3.68. The van der Waals surface area contributed by atoms with Gasteiger partial charge in [0.1, 0.15) is 5.82 Å². The second kappa shape index (κ2) is 7.55. The summed E-state index contributed by atoms with van der Waals surface area (Å²) in [5.41, 5.74) is -0.291. The van der Waals surface area contributed by atoms with Crippen molar-refractivity contribution < 1.29 is 19.1 Å². The first kappa shape index (κ1) is 19.1. The molecule has 0 saturated carbocycles. The Morgan fingerprint density at radius 1 is 1.30 bits per heavy atom. The van der Waals surface area contributed by atoms with Crippen molar-refractivity contribution in [1.82, 2.24) is 5.32 Å². The number of amides is 2. The summed E-state index contributed by atoms with van der Waals surface area (Å²) < 4.78 is 13.6. The van der Waals surface area contributed by atoms with Gasteiger partial charge in [-0.15, -0.1) is 0 Å². The molecule has 0 aromatic heterocycles. The van der Waals surface area contributed by atoms with Crippen molar-refractivity contribution in [2.24, 2.45) is 11.3 Å². The number of carbonyl (C=O) groups is 2. The second-order valence-electron chi connectivity index (χ2n) is 6.74. The van der Waals surface area contributed by atoms with E-state index < -0.39 is 23.2 Å². The van der Waals surface area contributed by atoms with Crippen molar-refractivity contribution in [3.8, 4) is 0 Å². The molecular weight excluding hydrogens is 299 g/mol. The van der Waals surface area contributed by atoms with Crippen LogP contribution in [-0.2, 0) is 4.79 Å². The first-order valence-electron chi connectivity index (χ1n) is 7.58. The van der Waals surface area contributed by atoms with E-state index in [4.69, 9.17) is 0 Å². The van der Waals surface area contributed by atoms with E-state index in [0.717, 1.165) is 6.07 Å². The lowest BCUT2D eigenvalue weighted by Crippen LogP contribution is -2.43. The lowest BCUT2D eigenvalue weighted by atomic mass is 9.80. The van der Waals surface area contributed by atoms with Crippen LogP contribution in [0.4, 0.5) is 10.1 Å². The normalized spacial score (nSPS) is 12.9. The molecule has 0 saturated heterocycles. The van der Waals surface area contributed by atoms with Crippen molar-refractivity contribution >= 4 is 17.5 Å². The predicted octanol–water partition coefficient (Wildman–Crippen LogP) is 2.56. The van der Waals surface area contributed by atoms with Crippen LogP contribution in [0.5, 0.6) is 0 Å². The van der Waals surface area contributed by atoms with Crippen LogP contribution in [-0.4, -0.2) is 29.6 Å². The average molecular weight is 324 g/mol. The van der Waals surface area contributed by atoms with Crippen LogP contribution in [0.1, 0.15) is 45.0 Å². The first-order chi connectivity index (χ1) is 10.5. The number of aliphatic hydroxyl groups is 1. The molecular formula is C17H25FN2O3. The van der Waals surface area contributed by atoms with Gasteiger partial charge in [-0.05, 0) is 24.1 Å². The number of nitrogens with one attached hydrogen (secondary N) is 2. The fraction of sp³-hybridized carbons (Fsp3) is 0.529. The summed E-state index contributed by atoms with van der Waals surface area (Å²) in [4.78, 5) is 23.2. The van der Waals surface area contributed by atoms with E-state index in [1.54, 1.807) is 0 Å². The first-order valence-corrected chi connectivity index (χ1v) is 7.58. The summed E-state index contributed by atoms with van der Waals surface area (Å²) >= 11 is 0. The van der Waals surface area contributed by atoms with Gasteiger partial charge >= 0.3 is 0 Å². The van der Waals surface area contributed by atoms with E-state index in [2.05, 4.69) is 10.6 Å². The van der Waals surface area contributed by atoms with E-state index in [9.17, 15) is 19.1 Å². The molecule has 3 N–H and O–H groups in total. The molecule has 0 heterocycles. The largest absolute Gasteiger partial charge is 0.392 e. The number of halogens is 1. The van der Waals surface area contributed by atoms with Gasteiger partial charge in [0.25, 0.3) is 5.91 Å². The predicted molar refractivity (Wildman–Crippen MR) is 87.7 cm³/mol. The Hall–Kier alpha value is -1.95. The Balaban J connectivity index is 2.81. The van der Waals surface area contributed by atoms with Crippen LogP contribution >= 0.6 is 0 Å². The maximum Gasteiger partial charge on any atom is 0.251 e. The van der Waals surface area contributed by atoms with Crippen molar-refractivity contribution in [2.45, 2.75) is 40.7 Å². The Morgan fingerprint density at radius 3 is 2.43 bits per heavy atom. The summed E-state index contributed by atoms with van der Waals surface area (Å²) in [5, 5.41) is 15.2. The smallest absolute Gasteiger partial charge is 0.251 e. The zero-order valence-electron chi connectivity index (χ0n) is 14.2. The molecule has 1 aromatic rings. The standard InChI is InChI=1S/C17H25FN2O3/c1-10(2)15(22)17(4,5)9-19-16(23)12-6-7-13(18)14(8-12)20-11(3)21/h6-8,10,15,22H,9H2,1-5H3,(H,19,23)(H,20,21). The van der Waals surface area contributed by atoms with Gasteiger partial charge in [-0.2, -0.15) is 0 Å². The maximum atomic E-state index is 13.6. The Labute approximate surface area is 136 Å². The molecule has 0 fully saturated rings. The Morgan fingerprint density at radius 2 is 1.91 bits per heavy atom. The number of aliphatic hydroxyl groups excluding tert-OH is 1. The number of hydrogen-bond donors (Lipinski definition) is 3. The molecule has 0 spiro atoms. The summed E-state index contributed by atoms with van der Waals surface area (Å²) in [6.45, 7) is 9.10. The number of anilines is 1. The van der Waals surface area contributed by atoms with Gasteiger partial charge in [-0.25, -0.2) is 4.39 Å². The molecule has 23 heavy (non-hydrogen) atoms. The zero-order valence-corrected chi connectivity index (χ0v) is 14.2. The molecule has 1 unspecified atom stereocenters. The summed E-state index contributed by atoms with van der Waals surface area (Å²) in [6.07, 6.45) is -0.564. The molecule has 1 atom stereocenters. The van der Waals surface area contributed by atoms with Gasteiger partial charge in [0.05, 0.1) is 11.8 Å². The van der Waals surface area contributed by atoms with Gasteiger partial charge in [0, 0.05) is 24.4 Å². The molecule has 0 aliphatic rings. The summed E-state index contributed by atoms with van der Waals surface area (Å²) in [6, 6.07) is 3.77. The van der Waals surface area contributed by atoms with Crippen LogP contribution < -0.4 is 10.6 Å². The third-order valence-corrected chi connectivity index (χ3v) is 3.68. The average Bonchev–Trinajstić information content (AvgIpc) is 2.45. The van der Waals surface area contributed by atoms with Crippen molar-refractivity contribution in [1.29, 1.82) is 0 Å². The lowest BCUT2D eigenvalue weighted by Gasteiger charge is -2.33. The fourth-order valence-electron chi connectivity index (χ4n) is 2.37. The van der Waals surface area contributed by atoms with Crippen LogP contribution in [0.15, 0.2) is 18.2 Å². The molecule has 1 aromatic carbocycles. The lowest BCUT2D eigenvalue weighted by molar-refractivity contribution is -0.114. The minimum Gasteiger partial charge on any atom is -0.392 e. The number of benzene rings is 1. The number of rotatable bonds is 6. The van der Waals surface area contributed by atoms with Crippen molar-refractivity contribution in [3.05, 3.63) is 29.6 Å². The number of hydrogen-bond acceptors (Lipinski definition) is 3. The molecule has 0 aliphatic carbocycles. The third kappa shape index (κ3) is 5.32. The van der Waals surface area contributed by atoms with Gasteiger partial charge < -0.3 is 15.7 Å². The van der Waals surface area contributed by atoms with Crippen LogP contribution in [0.2, 0.25) is 0 Å². The Bertz CT molecular complexity index is 585. The van der Waals surface area contributed by atoms with Gasteiger partial charge in [-0.1, -0.05) is 27.7 Å². The van der Waals surface area contributed by atoms with E-state index >= 15 is 0 Å². The topological polar surface area (TPSA) is 78.4 Å². The van der Waals surface area contributed by atoms with E-state index in [1.807, 2.05) is 27.7 Å². The second-order valence-corrected chi connectivity index (χ2v) is 6.74. The highest BCUT2D eigenvalue weighted by Crippen LogP contribution is 2.25. The minimum atomic E-state index is -0.604. The highest BCUT2D eigenvalue weighted by atomic mass is 19.1. The van der Waals surface area contributed by atoms with E-state index in [-0.39, 0.29) is 29.6 Å². The minimum absolute atomic E-state index is 0.0355. The highest BCUT2D eigenvalue weighted by molar-refractivity contribution is 5.96. The summed E-state index contributed by atoms with van der Waals surface area (Å²) in [7, 11) is 0. The molecule has 0 radical (unpaired) electrons. The zero-order chi connectivity index (χ0) is 17.8. The summed E-state index contributed by atoms with van der Waals surface area (Å²) in [5.74, 6) is -1.34. The van der Waals surface area contributed by atoms with Gasteiger partial charge in [0.15, 0.2) is 0 Å². The Kier molecular flexibility index (Phi) is 6.27. The highest BCUT2D eigenvalue weighted by Gasteiger charge is 2.30. The quantitative estimate of drug-likeness (QED) is 0.752. The maximum absolute atomic E-state index is 13.6. The monoisotopic (exact) mass is 324 g/mol. The van der Waals surface area contributed by atoms with Crippen molar-refractivity contribution in [2.75, 3.05) is 11.9 Å². The SMILES string of the molecule is CC(=O)Nc1cc(C(=O)NCC(C)(C)C(O)C(C)C)ccc1F. The van der Waals surface area contributed by atoms with Crippen LogP contribution in [0.3, 0.4) is 0 Å². The molecule has 1 rings (SSSR count). The molecule has 2 amide bonds. The fourth-order valence-corrected chi connectivity index (χ4v) is 2.37. The number of carbonyl (C=O) groups excluding carboxylic acids is 2. The van der Waals surface area contributed by atoms with E-state index in [1.165, 1.54) is 19.1 Å². The molecule has 5 nitrogen and oxygen atoms in total. The van der Waals surface area contributed by atoms with Crippen LogP contribution in [0.25, 0.3) is 0 Å². The van der Waals surface area contributed by atoms with Crippen LogP contribution in [0, 0.1) is 17.2 Å². The molecule has 6 heteroatoms. The molecule has 0 aliphatic heterocycles. The van der Waals surface area contributed by atoms with Crippen molar-refractivity contribution in [3.63, 3.8) is 0 Å². The van der Waals surface area contributed by atoms with E-state index in [0.29, 0.717) is 0 Å².